The van der Waals surface area contributed by atoms with Crippen LogP contribution in [-0.2, 0) is 28.8 Å². The Morgan fingerprint density at radius 1 is 0.442 bits per heavy atom. The standard InChI is InChI=1S/C39H69IO3/c1-5-9-13-17-21-25-29-33-34(30-26-22-18-14-10-6-2)36(32-28-24-20-16-12-8-4)38(40-43)37(39(41)42)35(33)31-27-23-19-15-11-7-3/h5-32H2,1-4H3,(H,41,42). The zero-order valence-electron chi connectivity index (χ0n) is 28.9. The van der Waals surface area contributed by atoms with Crippen molar-refractivity contribution in [3.05, 3.63) is 31.4 Å². The molecule has 0 radical (unpaired) electrons. The molecule has 0 aliphatic carbocycles. The van der Waals surface area contributed by atoms with Crippen molar-refractivity contribution < 1.29 is 13.0 Å². The van der Waals surface area contributed by atoms with E-state index in [2.05, 4.69) is 27.7 Å². The van der Waals surface area contributed by atoms with Crippen molar-refractivity contribution in [3.8, 4) is 0 Å². The molecule has 0 fully saturated rings. The number of rotatable bonds is 30. The van der Waals surface area contributed by atoms with E-state index in [4.69, 9.17) is 0 Å². The number of aromatic carboxylic acids is 1. The lowest BCUT2D eigenvalue weighted by atomic mass is 9.82. The average molecular weight is 713 g/mol. The Morgan fingerprint density at radius 3 is 1.05 bits per heavy atom. The maximum Gasteiger partial charge on any atom is 0.337 e. The number of unbranched alkanes of at least 4 members (excludes halogenated alkanes) is 20. The van der Waals surface area contributed by atoms with E-state index in [-0.39, 0.29) is 0 Å². The monoisotopic (exact) mass is 712 g/mol. The summed E-state index contributed by atoms with van der Waals surface area (Å²) in [4.78, 5) is 12.9. The molecule has 250 valence electrons. The summed E-state index contributed by atoms with van der Waals surface area (Å²) in [5.74, 6) is -0.842. The number of carboxylic acids is 1. The summed E-state index contributed by atoms with van der Waals surface area (Å²) < 4.78 is 13.7. The van der Waals surface area contributed by atoms with Crippen LogP contribution in [0.2, 0.25) is 0 Å². The first kappa shape index (κ1) is 40.2. The van der Waals surface area contributed by atoms with E-state index < -0.39 is 27.2 Å². The van der Waals surface area contributed by atoms with E-state index in [0.717, 1.165) is 66.9 Å². The molecule has 3 nitrogen and oxygen atoms in total. The lowest BCUT2D eigenvalue weighted by Gasteiger charge is -2.24. The fourth-order valence-corrected chi connectivity index (χ4v) is 8.35. The second-order valence-electron chi connectivity index (χ2n) is 13.1. The van der Waals surface area contributed by atoms with Gasteiger partial charge in [-0.15, -0.1) is 0 Å². The largest absolute Gasteiger partial charge is 0.478 e. The highest BCUT2D eigenvalue weighted by molar-refractivity contribution is 14.1. The SMILES string of the molecule is CCCCCCCCc1c(CCCCCCCC)c(CCCCCCCC)c(C(=O)O)c(I=O)c1CCCCCCCC. The lowest BCUT2D eigenvalue weighted by Crippen LogP contribution is -2.16. The Labute approximate surface area is 277 Å². The van der Waals surface area contributed by atoms with Crippen LogP contribution in [0.15, 0.2) is 0 Å². The van der Waals surface area contributed by atoms with Crippen LogP contribution >= 0.6 is 21.2 Å². The second-order valence-corrected chi connectivity index (χ2v) is 14.6. The third-order valence-corrected chi connectivity index (χ3v) is 10.9. The molecular formula is C39H69IO3. The van der Waals surface area contributed by atoms with Gasteiger partial charge >= 0.3 is 5.97 Å². The molecule has 0 heterocycles. The van der Waals surface area contributed by atoms with Crippen molar-refractivity contribution in [3.63, 3.8) is 0 Å². The van der Waals surface area contributed by atoms with E-state index in [0.29, 0.717) is 5.56 Å². The van der Waals surface area contributed by atoms with Gasteiger partial charge < -0.3 is 5.11 Å². The Kier molecular flexibility index (Phi) is 25.8. The van der Waals surface area contributed by atoms with Gasteiger partial charge in [0.15, 0.2) is 21.2 Å². The highest BCUT2D eigenvalue weighted by Gasteiger charge is 2.27. The number of halogens is 1. The average Bonchev–Trinajstić information content (AvgIpc) is 3.00. The maximum atomic E-state index is 13.0. The van der Waals surface area contributed by atoms with Gasteiger partial charge in [-0.05, 0) is 73.6 Å². The molecular weight excluding hydrogens is 643 g/mol. The first-order valence-electron chi connectivity index (χ1n) is 18.8. The molecule has 0 bridgehead atoms. The first-order valence-corrected chi connectivity index (χ1v) is 20.7. The summed E-state index contributed by atoms with van der Waals surface area (Å²) in [5, 5.41) is 10.6. The van der Waals surface area contributed by atoms with Gasteiger partial charge in [0.05, 0.1) is 9.13 Å². The first-order chi connectivity index (χ1) is 21.1. The summed E-state index contributed by atoms with van der Waals surface area (Å²) in [6.45, 7) is 9.04. The fraction of sp³-hybridized carbons (Fsp3) is 0.821. The summed E-state index contributed by atoms with van der Waals surface area (Å²) >= 11 is -1.56. The zero-order valence-corrected chi connectivity index (χ0v) is 31.1. The third-order valence-electron chi connectivity index (χ3n) is 9.29. The molecule has 0 spiro atoms. The van der Waals surface area contributed by atoms with E-state index in [1.54, 1.807) is 0 Å². The van der Waals surface area contributed by atoms with Crippen molar-refractivity contribution in [1.29, 1.82) is 0 Å². The summed E-state index contributed by atoms with van der Waals surface area (Å²) in [7, 11) is 0. The van der Waals surface area contributed by atoms with Crippen LogP contribution in [0, 0.1) is 3.57 Å². The molecule has 0 unspecified atom stereocenters. The molecule has 0 saturated carbocycles. The summed E-state index contributed by atoms with van der Waals surface area (Å²) in [5.41, 5.74) is 5.49. The molecule has 1 aromatic rings. The van der Waals surface area contributed by atoms with Crippen molar-refractivity contribution in [2.24, 2.45) is 0 Å². The third kappa shape index (κ3) is 16.9. The molecule has 4 heteroatoms. The van der Waals surface area contributed by atoms with Crippen LogP contribution < -0.4 is 0 Å². The van der Waals surface area contributed by atoms with E-state index >= 15 is 0 Å². The maximum absolute atomic E-state index is 13.0. The molecule has 0 amide bonds. The second kappa shape index (κ2) is 27.5. The molecule has 1 N–H and O–H groups in total. The Hall–Kier alpha value is -0.780. The minimum atomic E-state index is -1.56. The minimum Gasteiger partial charge on any atom is -0.478 e. The van der Waals surface area contributed by atoms with Gasteiger partial charge in [0, 0.05) is 0 Å². The fourth-order valence-electron chi connectivity index (χ4n) is 6.71. The predicted molar refractivity (Wildman–Crippen MR) is 195 cm³/mol. The van der Waals surface area contributed by atoms with Crippen LogP contribution in [0.5, 0.6) is 0 Å². The zero-order chi connectivity index (χ0) is 31.5. The molecule has 43 heavy (non-hydrogen) atoms. The minimum absolute atomic E-state index is 0.449. The van der Waals surface area contributed by atoms with E-state index in [9.17, 15) is 13.0 Å². The van der Waals surface area contributed by atoms with E-state index in [1.807, 2.05) is 0 Å². The van der Waals surface area contributed by atoms with Crippen molar-refractivity contribution in [2.75, 3.05) is 0 Å². The molecule has 0 saturated heterocycles. The van der Waals surface area contributed by atoms with Crippen LogP contribution in [0.3, 0.4) is 0 Å². The molecule has 1 aromatic carbocycles. The number of hydrogen-bond acceptors (Lipinski definition) is 2. The topological polar surface area (TPSA) is 54.4 Å². The normalized spacial score (nSPS) is 11.4. The molecule has 0 aliphatic heterocycles. The van der Waals surface area contributed by atoms with Crippen molar-refractivity contribution in [2.45, 2.75) is 207 Å². The molecule has 0 atom stereocenters. The van der Waals surface area contributed by atoms with Gasteiger partial charge in [-0.25, -0.2) is 4.79 Å². The summed E-state index contributed by atoms with van der Waals surface area (Å²) in [6, 6.07) is 0. The highest BCUT2D eigenvalue weighted by atomic mass is 127. The smallest absolute Gasteiger partial charge is 0.337 e. The number of carboxylic acid groups (broad SMARTS) is 1. The van der Waals surface area contributed by atoms with Gasteiger partial charge in [0.1, 0.15) is 0 Å². The number of carbonyl (C=O) groups is 1. The Morgan fingerprint density at radius 2 is 0.721 bits per heavy atom. The lowest BCUT2D eigenvalue weighted by molar-refractivity contribution is 0.0694. The summed E-state index contributed by atoms with van der Waals surface area (Å²) in [6.07, 6.45) is 33.4. The highest BCUT2D eigenvalue weighted by Crippen LogP contribution is 2.36. The van der Waals surface area contributed by atoms with Crippen LogP contribution in [0.1, 0.15) is 214 Å². The van der Waals surface area contributed by atoms with Crippen LogP contribution in [0.25, 0.3) is 0 Å². The molecule has 0 aliphatic rings. The van der Waals surface area contributed by atoms with Gasteiger partial charge in [-0.2, -0.15) is 0 Å². The van der Waals surface area contributed by atoms with Gasteiger partial charge in [-0.3, -0.25) is 3.07 Å². The van der Waals surface area contributed by atoms with Gasteiger partial charge in [0.2, 0.25) is 0 Å². The predicted octanol–water partition coefficient (Wildman–Crippen LogP) is 13.5. The van der Waals surface area contributed by atoms with E-state index in [1.165, 1.54) is 139 Å². The van der Waals surface area contributed by atoms with Crippen LogP contribution in [0.4, 0.5) is 0 Å². The van der Waals surface area contributed by atoms with Crippen molar-refractivity contribution in [1.82, 2.24) is 0 Å². The quantitative estimate of drug-likeness (QED) is 0.0638. The number of benzene rings is 1. The molecule has 0 aromatic heterocycles. The van der Waals surface area contributed by atoms with Crippen molar-refractivity contribution >= 4 is 27.2 Å². The Bertz CT molecular complexity index is 863. The Balaban J connectivity index is 3.44. The van der Waals surface area contributed by atoms with Gasteiger partial charge in [0.25, 0.3) is 0 Å². The molecule has 1 rings (SSSR count). The number of hydrogen-bond donors (Lipinski definition) is 1. The van der Waals surface area contributed by atoms with Gasteiger partial charge in [-0.1, -0.05) is 156 Å². The van der Waals surface area contributed by atoms with Crippen LogP contribution in [-0.4, -0.2) is 11.1 Å².